The molecule has 0 saturated carbocycles. The normalized spacial score (nSPS) is 12.5. The summed E-state index contributed by atoms with van der Waals surface area (Å²) in [5, 5.41) is 0.642. The summed E-state index contributed by atoms with van der Waals surface area (Å²) in [6.07, 6.45) is 0. The first-order valence-electron chi connectivity index (χ1n) is 6.00. The number of halogens is 2. The number of rotatable bonds is 3. The van der Waals surface area contributed by atoms with Gasteiger partial charge < -0.3 is 0 Å². The quantitative estimate of drug-likeness (QED) is 0.664. The molecule has 2 nitrogen and oxygen atoms in total. The second-order valence-corrected chi connectivity index (χ2v) is 5.11. The third-order valence-corrected chi connectivity index (χ3v) is 3.31. The molecule has 0 aliphatic rings. The molecule has 0 heterocycles. The molecule has 0 saturated heterocycles. The lowest BCUT2D eigenvalue weighted by Crippen LogP contribution is -2.29. The van der Waals surface area contributed by atoms with Crippen molar-refractivity contribution in [3.63, 3.8) is 0 Å². The Balaban J connectivity index is 2.46. The summed E-state index contributed by atoms with van der Waals surface area (Å²) in [5.74, 6) is 5.37. The number of benzene rings is 2. The molecule has 2 aromatic carbocycles. The smallest absolute Gasteiger partial charge is 0.126 e. The van der Waals surface area contributed by atoms with Crippen molar-refractivity contribution in [3.05, 3.63) is 69.5 Å². The number of aryl methyl sites for hydroxylation is 2. The van der Waals surface area contributed by atoms with Gasteiger partial charge in [-0.3, -0.25) is 5.84 Å². The van der Waals surface area contributed by atoms with Gasteiger partial charge in [-0.25, -0.2) is 9.82 Å². The number of hydrogen-bond donors (Lipinski definition) is 2. The minimum absolute atomic E-state index is 0.239. The van der Waals surface area contributed by atoms with Crippen LogP contribution in [0.25, 0.3) is 0 Å². The van der Waals surface area contributed by atoms with Gasteiger partial charge in [-0.15, -0.1) is 0 Å². The largest absolute Gasteiger partial charge is 0.271 e. The van der Waals surface area contributed by atoms with E-state index in [4.69, 9.17) is 17.4 Å². The van der Waals surface area contributed by atoms with Gasteiger partial charge in [0.15, 0.2) is 0 Å². The molecule has 0 aromatic heterocycles. The van der Waals surface area contributed by atoms with Gasteiger partial charge in [0, 0.05) is 5.02 Å². The van der Waals surface area contributed by atoms with Crippen LogP contribution in [0.3, 0.4) is 0 Å². The first kappa shape index (κ1) is 14.0. The van der Waals surface area contributed by atoms with Crippen molar-refractivity contribution in [2.45, 2.75) is 19.9 Å². The van der Waals surface area contributed by atoms with E-state index in [1.165, 1.54) is 6.07 Å². The van der Waals surface area contributed by atoms with Crippen molar-refractivity contribution < 1.29 is 4.39 Å². The first-order valence-corrected chi connectivity index (χ1v) is 6.38. The highest BCUT2D eigenvalue weighted by Gasteiger charge is 2.14. The maximum atomic E-state index is 13.7. The van der Waals surface area contributed by atoms with Crippen molar-refractivity contribution in [2.75, 3.05) is 0 Å². The van der Waals surface area contributed by atoms with Gasteiger partial charge in [-0.1, -0.05) is 29.8 Å². The summed E-state index contributed by atoms with van der Waals surface area (Å²) in [4.78, 5) is 0. The van der Waals surface area contributed by atoms with E-state index in [0.29, 0.717) is 10.6 Å². The SMILES string of the molecule is Cc1cc(Cl)cc(C(NN)c2ccc(C)c(F)c2)c1. The van der Waals surface area contributed by atoms with Crippen molar-refractivity contribution in [3.8, 4) is 0 Å². The molecule has 0 aliphatic carbocycles. The minimum Gasteiger partial charge on any atom is -0.271 e. The van der Waals surface area contributed by atoms with E-state index < -0.39 is 0 Å². The Bertz CT molecular complexity index is 578. The summed E-state index contributed by atoms with van der Waals surface area (Å²) in [7, 11) is 0. The Kier molecular flexibility index (Phi) is 4.20. The highest BCUT2D eigenvalue weighted by molar-refractivity contribution is 6.30. The van der Waals surface area contributed by atoms with Crippen molar-refractivity contribution >= 4 is 11.6 Å². The molecule has 100 valence electrons. The molecule has 1 atom stereocenters. The van der Waals surface area contributed by atoms with E-state index in [0.717, 1.165) is 16.7 Å². The maximum absolute atomic E-state index is 13.7. The maximum Gasteiger partial charge on any atom is 0.126 e. The summed E-state index contributed by atoms with van der Waals surface area (Å²) in [6, 6.07) is 10.5. The lowest BCUT2D eigenvalue weighted by atomic mass is 9.97. The Hall–Kier alpha value is -1.42. The molecule has 2 aromatic rings. The van der Waals surface area contributed by atoms with Crippen molar-refractivity contribution in [1.82, 2.24) is 5.43 Å². The van der Waals surface area contributed by atoms with E-state index in [2.05, 4.69) is 5.43 Å². The van der Waals surface area contributed by atoms with Crippen LogP contribution in [0.2, 0.25) is 5.02 Å². The fourth-order valence-electron chi connectivity index (χ4n) is 2.10. The van der Waals surface area contributed by atoms with Gasteiger partial charge in [0.25, 0.3) is 0 Å². The third-order valence-electron chi connectivity index (χ3n) is 3.09. The first-order chi connectivity index (χ1) is 9.01. The predicted octanol–water partition coefficient (Wildman–Crippen LogP) is 3.65. The van der Waals surface area contributed by atoms with Crippen LogP contribution in [0.1, 0.15) is 28.3 Å². The highest BCUT2D eigenvalue weighted by atomic mass is 35.5. The van der Waals surface area contributed by atoms with Crippen LogP contribution >= 0.6 is 11.6 Å². The molecule has 0 bridgehead atoms. The molecular weight excluding hydrogens is 263 g/mol. The monoisotopic (exact) mass is 278 g/mol. The lowest BCUT2D eigenvalue weighted by Gasteiger charge is -2.18. The van der Waals surface area contributed by atoms with Crippen LogP contribution in [0.15, 0.2) is 36.4 Å². The minimum atomic E-state index is -0.285. The van der Waals surface area contributed by atoms with Crippen molar-refractivity contribution in [1.29, 1.82) is 0 Å². The molecule has 0 fully saturated rings. The Morgan fingerprint density at radius 2 is 1.84 bits per heavy atom. The van der Waals surface area contributed by atoms with Gasteiger partial charge in [-0.2, -0.15) is 0 Å². The average Bonchev–Trinajstić information content (AvgIpc) is 2.33. The van der Waals surface area contributed by atoms with E-state index in [1.54, 1.807) is 13.0 Å². The van der Waals surface area contributed by atoms with Crippen molar-refractivity contribution in [2.24, 2.45) is 5.84 Å². The lowest BCUT2D eigenvalue weighted by molar-refractivity contribution is 0.599. The Morgan fingerprint density at radius 3 is 2.42 bits per heavy atom. The number of nitrogens with two attached hydrogens (primary N) is 1. The van der Waals surface area contributed by atoms with Crippen LogP contribution in [-0.2, 0) is 0 Å². The van der Waals surface area contributed by atoms with E-state index >= 15 is 0 Å². The fourth-order valence-corrected chi connectivity index (χ4v) is 2.40. The molecule has 19 heavy (non-hydrogen) atoms. The second kappa shape index (κ2) is 5.70. The van der Waals surface area contributed by atoms with Crippen LogP contribution in [0.4, 0.5) is 4.39 Å². The predicted molar refractivity (Wildman–Crippen MR) is 76.5 cm³/mol. The fraction of sp³-hybridized carbons (Fsp3) is 0.200. The Morgan fingerprint density at radius 1 is 1.11 bits per heavy atom. The molecule has 0 amide bonds. The van der Waals surface area contributed by atoms with E-state index in [1.807, 2.05) is 31.2 Å². The average molecular weight is 279 g/mol. The second-order valence-electron chi connectivity index (χ2n) is 4.67. The van der Waals surface area contributed by atoms with Gasteiger partial charge >= 0.3 is 0 Å². The van der Waals surface area contributed by atoms with Crippen LogP contribution in [0.5, 0.6) is 0 Å². The van der Waals surface area contributed by atoms with E-state index in [-0.39, 0.29) is 11.9 Å². The number of hydrazine groups is 1. The highest BCUT2D eigenvalue weighted by Crippen LogP contribution is 2.26. The Labute approximate surface area is 117 Å². The van der Waals surface area contributed by atoms with Gasteiger partial charge in [0.05, 0.1) is 6.04 Å². The zero-order valence-corrected chi connectivity index (χ0v) is 11.6. The summed E-state index contributed by atoms with van der Waals surface area (Å²) < 4.78 is 13.7. The number of nitrogens with one attached hydrogen (secondary N) is 1. The van der Waals surface area contributed by atoms with Crippen LogP contribution in [0, 0.1) is 19.7 Å². The molecule has 0 spiro atoms. The van der Waals surface area contributed by atoms with Gasteiger partial charge in [-0.05, 0) is 54.3 Å². The summed E-state index contributed by atoms with van der Waals surface area (Å²) in [6.45, 7) is 3.69. The van der Waals surface area contributed by atoms with Gasteiger partial charge in [0.2, 0.25) is 0 Å². The molecular formula is C15H16ClFN2. The molecule has 2 rings (SSSR count). The third kappa shape index (κ3) is 3.13. The summed E-state index contributed by atoms with van der Waals surface area (Å²) in [5.41, 5.74) is 6.04. The molecule has 3 N–H and O–H groups in total. The standard InChI is InChI=1S/C15H16ClFN2/c1-9-5-12(7-13(16)6-9)15(19-18)11-4-3-10(2)14(17)8-11/h3-8,15,19H,18H2,1-2H3. The topological polar surface area (TPSA) is 38.0 Å². The zero-order chi connectivity index (χ0) is 14.0. The molecule has 0 radical (unpaired) electrons. The zero-order valence-electron chi connectivity index (χ0n) is 10.9. The van der Waals surface area contributed by atoms with Crippen LogP contribution < -0.4 is 11.3 Å². The van der Waals surface area contributed by atoms with Crippen LogP contribution in [-0.4, -0.2) is 0 Å². The molecule has 0 aliphatic heterocycles. The van der Waals surface area contributed by atoms with Gasteiger partial charge in [0.1, 0.15) is 5.82 Å². The van der Waals surface area contributed by atoms with E-state index in [9.17, 15) is 4.39 Å². The molecule has 1 unspecified atom stereocenters. The number of hydrogen-bond acceptors (Lipinski definition) is 2. The molecule has 4 heteroatoms. The summed E-state index contributed by atoms with van der Waals surface area (Å²) >= 11 is 6.05.